The highest BCUT2D eigenvalue weighted by Crippen LogP contribution is 2.24. The molecule has 0 radical (unpaired) electrons. The number of pyridine rings is 1. The van der Waals surface area contributed by atoms with E-state index in [0.29, 0.717) is 32.6 Å². The number of benzene rings is 1. The summed E-state index contributed by atoms with van der Waals surface area (Å²) in [4.78, 5) is 31.7. The monoisotopic (exact) mass is 430 g/mol. The maximum absolute atomic E-state index is 13.0. The van der Waals surface area contributed by atoms with Crippen molar-refractivity contribution in [3.05, 3.63) is 74.3 Å². The lowest BCUT2D eigenvalue weighted by Crippen LogP contribution is -2.36. The van der Waals surface area contributed by atoms with Gasteiger partial charge in [0.15, 0.2) is 0 Å². The number of carbonyl (C=O) groups is 1. The number of nitrogens with zero attached hydrogens (tertiary/aromatic N) is 3. The summed E-state index contributed by atoms with van der Waals surface area (Å²) in [5, 5.41) is 4.22. The molecule has 1 N–H and O–H groups in total. The second kappa shape index (κ2) is 8.43. The Morgan fingerprint density at radius 1 is 1.03 bits per heavy atom. The molecule has 0 unspecified atom stereocenters. The maximum atomic E-state index is 13.0. The average molecular weight is 431 g/mol. The van der Waals surface area contributed by atoms with Gasteiger partial charge in [-0.3, -0.25) is 14.0 Å². The lowest BCUT2D eigenvalue weighted by Gasteiger charge is -2.27. The normalized spacial score (nSPS) is 14.2. The number of anilines is 1. The number of piperidine rings is 1. The summed E-state index contributed by atoms with van der Waals surface area (Å²) >= 11 is 12.1. The van der Waals surface area contributed by atoms with Gasteiger partial charge in [0.25, 0.3) is 11.5 Å². The molecule has 1 fully saturated rings. The number of carbonyl (C=O) groups excluding carboxylic acids is 1. The molecular formula is C21H20Cl2N4O2. The van der Waals surface area contributed by atoms with Gasteiger partial charge < -0.3 is 10.2 Å². The molecule has 1 amide bonds. The van der Waals surface area contributed by atoms with Crippen molar-refractivity contribution in [1.29, 1.82) is 0 Å². The predicted octanol–water partition coefficient (Wildman–Crippen LogP) is 4.24. The van der Waals surface area contributed by atoms with E-state index in [1.165, 1.54) is 16.7 Å². The number of hydrogen-bond acceptors (Lipinski definition) is 4. The molecular weight excluding hydrogens is 411 g/mol. The molecule has 4 rings (SSSR count). The highest BCUT2D eigenvalue weighted by molar-refractivity contribution is 6.31. The number of hydrogen-bond donors (Lipinski definition) is 1. The van der Waals surface area contributed by atoms with Crippen LogP contribution in [-0.4, -0.2) is 33.3 Å². The molecule has 3 aromatic rings. The number of nitrogens with one attached hydrogen (secondary N) is 1. The Labute approximate surface area is 178 Å². The smallest absolute Gasteiger partial charge is 0.258 e. The van der Waals surface area contributed by atoms with E-state index >= 15 is 0 Å². The molecule has 0 aliphatic carbocycles. The number of halogens is 2. The molecule has 0 saturated carbocycles. The van der Waals surface area contributed by atoms with Gasteiger partial charge in [-0.15, -0.1) is 0 Å². The Hall–Kier alpha value is -2.57. The van der Waals surface area contributed by atoms with Crippen LogP contribution >= 0.6 is 23.2 Å². The SMILES string of the molecule is O=C(c1ccc(Cl)cc1NCc1cc(=O)n2cc(Cl)ccc2n1)N1CCCCC1. The first-order chi connectivity index (χ1) is 14.0. The minimum Gasteiger partial charge on any atom is -0.379 e. The number of amides is 1. The molecule has 1 aliphatic heterocycles. The van der Waals surface area contributed by atoms with Crippen molar-refractivity contribution in [2.75, 3.05) is 18.4 Å². The van der Waals surface area contributed by atoms with Crippen LogP contribution in [0.5, 0.6) is 0 Å². The van der Waals surface area contributed by atoms with Crippen LogP contribution in [0.25, 0.3) is 5.65 Å². The summed E-state index contributed by atoms with van der Waals surface area (Å²) in [5.74, 6) is -0.00921. The quantitative estimate of drug-likeness (QED) is 0.671. The summed E-state index contributed by atoms with van der Waals surface area (Å²) in [6.07, 6.45) is 4.74. The van der Waals surface area contributed by atoms with Crippen molar-refractivity contribution >= 4 is 40.4 Å². The zero-order valence-corrected chi connectivity index (χ0v) is 17.2. The number of rotatable bonds is 4. The van der Waals surface area contributed by atoms with Crippen LogP contribution in [0.15, 0.2) is 47.4 Å². The van der Waals surface area contributed by atoms with Gasteiger partial charge >= 0.3 is 0 Å². The van der Waals surface area contributed by atoms with E-state index < -0.39 is 0 Å². The van der Waals surface area contributed by atoms with Gasteiger partial charge in [0.1, 0.15) is 5.65 Å². The van der Waals surface area contributed by atoms with Gasteiger partial charge in [0.05, 0.1) is 22.8 Å². The van der Waals surface area contributed by atoms with Gasteiger partial charge in [-0.05, 0) is 49.6 Å². The Balaban J connectivity index is 1.59. The van der Waals surface area contributed by atoms with Gasteiger partial charge in [0, 0.05) is 36.1 Å². The lowest BCUT2D eigenvalue weighted by atomic mass is 10.1. The van der Waals surface area contributed by atoms with Crippen LogP contribution in [-0.2, 0) is 6.54 Å². The molecule has 1 aromatic carbocycles. The van der Waals surface area contributed by atoms with Crippen LogP contribution in [0.4, 0.5) is 5.69 Å². The Bertz CT molecular complexity index is 1120. The molecule has 8 heteroatoms. The Kier molecular flexibility index (Phi) is 5.74. The summed E-state index contributed by atoms with van der Waals surface area (Å²) < 4.78 is 1.40. The standard InChI is InChI=1S/C21H20Cl2N4O2/c22-14-4-6-17(21(29)26-8-2-1-3-9-26)18(10-14)24-12-16-11-20(28)27-13-15(23)5-7-19(27)25-16/h4-7,10-11,13,24H,1-3,8-9,12H2. The number of likely N-dealkylation sites (tertiary alicyclic amines) is 1. The molecule has 3 heterocycles. The fourth-order valence-electron chi connectivity index (χ4n) is 3.52. The average Bonchev–Trinajstić information content (AvgIpc) is 2.73. The molecule has 150 valence electrons. The first kappa shape index (κ1) is 19.7. The van der Waals surface area contributed by atoms with Crippen molar-refractivity contribution in [3.8, 4) is 0 Å². The summed E-state index contributed by atoms with van der Waals surface area (Å²) in [5.41, 5.74) is 2.06. The van der Waals surface area contributed by atoms with E-state index in [9.17, 15) is 9.59 Å². The minimum absolute atomic E-state index is 0.00921. The van der Waals surface area contributed by atoms with Crippen LogP contribution in [0.1, 0.15) is 35.3 Å². The third-order valence-electron chi connectivity index (χ3n) is 4.99. The first-order valence-corrected chi connectivity index (χ1v) is 10.3. The second-order valence-electron chi connectivity index (χ2n) is 7.06. The second-order valence-corrected chi connectivity index (χ2v) is 7.93. The predicted molar refractivity (Wildman–Crippen MR) is 115 cm³/mol. The van der Waals surface area contributed by atoms with Crippen LogP contribution in [0.3, 0.4) is 0 Å². The van der Waals surface area contributed by atoms with Gasteiger partial charge in [-0.25, -0.2) is 4.98 Å². The summed E-state index contributed by atoms with van der Waals surface area (Å²) in [6.45, 7) is 1.83. The van der Waals surface area contributed by atoms with E-state index in [-0.39, 0.29) is 18.0 Å². The van der Waals surface area contributed by atoms with E-state index in [1.807, 2.05) is 4.90 Å². The van der Waals surface area contributed by atoms with E-state index in [4.69, 9.17) is 23.2 Å². The third-order valence-corrected chi connectivity index (χ3v) is 5.45. The fourth-order valence-corrected chi connectivity index (χ4v) is 3.85. The van der Waals surface area contributed by atoms with E-state index in [0.717, 1.165) is 32.4 Å². The molecule has 29 heavy (non-hydrogen) atoms. The van der Waals surface area contributed by atoms with E-state index in [2.05, 4.69) is 10.3 Å². The molecule has 0 spiro atoms. The molecule has 0 atom stereocenters. The topological polar surface area (TPSA) is 66.7 Å². The van der Waals surface area contributed by atoms with Crippen molar-refractivity contribution in [3.63, 3.8) is 0 Å². The molecule has 1 aliphatic rings. The molecule has 2 aromatic heterocycles. The number of aromatic nitrogens is 2. The van der Waals surface area contributed by atoms with Crippen LogP contribution < -0.4 is 10.9 Å². The summed E-state index contributed by atoms with van der Waals surface area (Å²) in [6, 6.07) is 10.0. The third kappa shape index (κ3) is 4.38. The van der Waals surface area contributed by atoms with Crippen molar-refractivity contribution in [2.24, 2.45) is 0 Å². The zero-order valence-electron chi connectivity index (χ0n) is 15.7. The van der Waals surface area contributed by atoms with Gasteiger partial charge in [0.2, 0.25) is 0 Å². The first-order valence-electron chi connectivity index (χ1n) is 9.52. The van der Waals surface area contributed by atoms with Crippen molar-refractivity contribution in [1.82, 2.24) is 14.3 Å². The van der Waals surface area contributed by atoms with E-state index in [1.54, 1.807) is 30.3 Å². The number of fused-ring (bicyclic) bond motifs is 1. The van der Waals surface area contributed by atoms with Crippen molar-refractivity contribution in [2.45, 2.75) is 25.8 Å². The zero-order chi connectivity index (χ0) is 20.4. The lowest BCUT2D eigenvalue weighted by molar-refractivity contribution is 0.0725. The maximum Gasteiger partial charge on any atom is 0.258 e. The minimum atomic E-state index is -0.218. The Morgan fingerprint density at radius 2 is 1.79 bits per heavy atom. The van der Waals surface area contributed by atoms with Crippen LogP contribution in [0, 0.1) is 0 Å². The molecule has 1 saturated heterocycles. The van der Waals surface area contributed by atoms with Gasteiger partial charge in [-0.1, -0.05) is 23.2 Å². The summed E-state index contributed by atoms with van der Waals surface area (Å²) in [7, 11) is 0. The highest BCUT2D eigenvalue weighted by Gasteiger charge is 2.21. The van der Waals surface area contributed by atoms with Crippen LogP contribution in [0.2, 0.25) is 10.0 Å². The Morgan fingerprint density at radius 3 is 2.59 bits per heavy atom. The fraction of sp³-hybridized carbons (Fsp3) is 0.286. The largest absolute Gasteiger partial charge is 0.379 e. The van der Waals surface area contributed by atoms with Crippen molar-refractivity contribution < 1.29 is 4.79 Å². The molecule has 6 nitrogen and oxygen atoms in total. The highest BCUT2D eigenvalue weighted by atomic mass is 35.5. The molecule has 0 bridgehead atoms. The van der Waals surface area contributed by atoms with Gasteiger partial charge in [-0.2, -0.15) is 0 Å².